The Morgan fingerprint density at radius 1 is 1.11 bits per heavy atom. The number of aromatic nitrogens is 5. The number of aliphatic hydroxyl groups is 1. The lowest BCUT2D eigenvalue weighted by Crippen LogP contribution is -2.23. The van der Waals surface area contributed by atoms with Gasteiger partial charge < -0.3 is 9.67 Å². The van der Waals surface area contributed by atoms with Gasteiger partial charge in [0.05, 0.1) is 16.8 Å². The summed E-state index contributed by atoms with van der Waals surface area (Å²) >= 11 is 0. The van der Waals surface area contributed by atoms with Gasteiger partial charge in [-0.2, -0.15) is 18.3 Å². The van der Waals surface area contributed by atoms with Crippen molar-refractivity contribution in [3.63, 3.8) is 0 Å². The Hall–Kier alpha value is -3.47. The zero-order valence-electron chi connectivity index (χ0n) is 20.0. The van der Waals surface area contributed by atoms with Crippen molar-refractivity contribution in [3.05, 3.63) is 63.5 Å². The van der Waals surface area contributed by atoms with Crippen LogP contribution in [0.25, 0.3) is 27.7 Å². The lowest BCUT2D eigenvalue weighted by molar-refractivity contribution is -0.141. The standard InChI is InChI=1S/C24H25F4N5O2/c1-11(2)16-9-33(19-12(3)30-31-20(19)24(26,27)28)21(34)14-8-17(25)15(7-13(14)16)18-10-32(6)22(29-18)23(4,5)35/h7-11,35H,1-6H3,(H,30,31). The normalized spacial score (nSPS) is 12.8. The Labute approximate surface area is 198 Å². The van der Waals surface area contributed by atoms with Gasteiger partial charge in [-0.1, -0.05) is 13.8 Å². The van der Waals surface area contributed by atoms with Gasteiger partial charge >= 0.3 is 6.18 Å². The molecule has 0 saturated carbocycles. The molecule has 3 aromatic heterocycles. The summed E-state index contributed by atoms with van der Waals surface area (Å²) in [5.74, 6) is -0.649. The van der Waals surface area contributed by atoms with Gasteiger partial charge in [-0.15, -0.1) is 0 Å². The summed E-state index contributed by atoms with van der Waals surface area (Å²) in [6, 6.07) is 2.51. The van der Waals surface area contributed by atoms with E-state index in [0.717, 1.165) is 10.6 Å². The van der Waals surface area contributed by atoms with Gasteiger partial charge in [0, 0.05) is 25.0 Å². The molecule has 0 radical (unpaired) electrons. The first-order chi connectivity index (χ1) is 16.1. The van der Waals surface area contributed by atoms with E-state index in [2.05, 4.69) is 15.2 Å². The fraction of sp³-hybridized carbons (Fsp3) is 0.375. The van der Waals surface area contributed by atoms with E-state index in [1.54, 1.807) is 31.7 Å². The number of fused-ring (bicyclic) bond motifs is 1. The third-order valence-corrected chi connectivity index (χ3v) is 5.88. The van der Waals surface area contributed by atoms with Crippen molar-refractivity contribution in [3.8, 4) is 16.9 Å². The number of benzene rings is 1. The van der Waals surface area contributed by atoms with Crippen LogP contribution in [0.2, 0.25) is 0 Å². The molecule has 0 amide bonds. The van der Waals surface area contributed by atoms with Gasteiger partial charge in [0.25, 0.3) is 5.56 Å². The Morgan fingerprint density at radius 2 is 1.77 bits per heavy atom. The first-order valence-corrected chi connectivity index (χ1v) is 10.9. The summed E-state index contributed by atoms with van der Waals surface area (Å²) in [5.41, 5.74) is -2.75. The van der Waals surface area contributed by atoms with E-state index in [1.165, 1.54) is 19.2 Å². The van der Waals surface area contributed by atoms with E-state index >= 15 is 4.39 Å². The molecule has 35 heavy (non-hydrogen) atoms. The number of rotatable bonds is 4. The van der Waals surface area contributed by atoms with Crippen LogP contribution in [-0.4, -0.2) is 29.4 Å². The summed E-state index contributed by atoms with van der Waals surface area (Å²) in [6.07, 6.45) is -1.87. The summed E-state index contributed by atoms with van der Waals surface area (Å²) in [7, 11) is 1.67. The van der Waals surface area contributed by atoms with Crippen LogP contribution in [-0.2, 0) is 18.8 Å². The molecule has 0 unspecified atom stereocenters. The largest absolute Gasteiger partial charge is 0.437 e. The molecule has 7 nitrogen and oxygen atoms in total. The van der Waals surface area contributed by atoms with Gasteiger partial charge in [-0.3, -0.25) is 14.5 Å². The van der Waals surface area contributed by atoms with Crippen LogP contribution in [0.4, 0.5) is 17.6 Å². The number of aryl methyl sites for hydroxylation is 2. The first-order valence-electron chi connectivity index (χ1n) is 10.9. The molecule has 0 fully saturated rings. The average Bonchev–Trinajstić information content (AvgIpc) is 3.30. The number of nitrogens with one attached hydrogen (secondary N) is 1. The van der Waals surface area contributed by atoms with E-state index in [4.69, 9.17) is 0 Å². The Morgan fingerprint density at radius 3 is 2.31 bits per heavy atom. The maximum atomic E-state index is 15.3. The van der Waals surface area contributed by atoms with Crippen molar-refractivity contribution in [2.45, 2.75) is 52.3 Å². The minimum absolute atomic E-state index is 0.0539. The van der Waals surface area contributed by atoms with Crippen LogP contribution >= 0.6 is 0 Å². The molecule has 4 rings (SSSR count). The van der Waals surface area contributed by atoms with E-state index in [0.29, 0.717) is 16.8 Å². The highest BCUT2D eigenvalue weighted by Gasteiger charge is 2.39. The van der Waals surface area contributed by atoms with Crippen molar-refractivity contribution in [1.29, 1.82) is 0 Å². The Kier molecular flexibility index (Phi) is 5.66. The summed E-state index contributed by atoms with van der Waals surface area (Å²) in [6.45, 7) is 8.15. The molecule has 4 aromatic rings. The molecule has 1 aromatic carbocycles. The van der Waals surface area contributed by atoms with Gasteiger partial charge in [0.15, 0.2) is 5.69 Å². The molecule has 11 heteroatoms. The number of imidazole rings is 1. The van der Waals surface area contributed by atoms with Crippen LogP contribution in [0.5, 0.6) is 0 Å². The lowest BCUT2D eigenvalue weighted by Gasteiger charge is -2.17. The van der Waals surface area contributed by atoms with Crippen molar-refractivity contribution < 1.29 is 22.7 Å². The van der Waals surface area contributed by atoms with Crippen molar-refractivity contribution >= 4 is 10.8 Å². The predicted molar refractivity (Wildman–Crippen MR) is 123 cm³/mol. The van der Waals surface area contributed by atoms with Crippen molar-refractivity contribution in [2.24, 2.45) is 7.05 Å². The fourth-order valence-corrected chi connectivity index (χ4v) is 4.29. The summed E-state index contributed by atoms with van der Waals surface area (Å²) in [5, 5.41) is 16.3. The molecule has 0 aliphatic rings. The monoisotopic (exact) mass is 491 g/mol. The van der Waals surface area contributed by atoms with Crippen LogP contribution in [0.3, 0.4) is 0 Å². The van der Waals surface area contributed by atoms with Crippen molar-refractivity contribution in [2.75, 3.05) is 0 Å². The molecule has 186 valence electrons. The predicted octanol–water partition coefficient (Wildman–Crippen LogP) is 4.93. The molecule has 0 aliphatic carbocycles. The maximum absolute atomic E-state index is 15.3. The summed E-state index contributed by atoms with van der Waals surface area (Å²) in [4.78, 5) is 17.7. The lowest BCUT2D eigenvalue weighted by atomic mass is 9.95. The zero-order chi connectivity index (χ0) is 26.0. The second-order valence-corrected chi connectivity index (χ2v) is 9.46. The third-order valence-electron chi connectivity index (χ3n) is 5.88. The fourth-order valence-electron chi connectivity index (χ4n) is 4.29. The van der Waals surface area contributed by atoms with E-state index < -0.39 is 34.5 Å². The molecule has 0 spiro atoms. The van der Waals surface area contributed by atoms with Gasteiger partial charge in [0.2, 0.25) is 0 Å². The van der Waals surface area contributed by atoms with Crippen molar-refractivity contribution in [1.82, 2.24) is 24.3 Å². The second-order valence-electron chi connectivity index (χ2n) is 9.46. The number of pyridine rings is 1. The number of aromatic amines is 1. The Bertz CT molecular complexity index is 1500. The van der Waals surface area contributed by atoms with Gasteiger partial charge in [0.1, 0.15) is 22.9 Å². The maximum Gasteiger partial charge on any atom is 0.437 e. The highest BCUT2D eigenvalue weighted by atomic mass is 19.4. The number of alkyl halides is 3. The molecule has 0 aliphatic heterocycles. The number of halogens is 4. The Balaban J connectivity index is 2.03. The minimum Gasteiger partial charge on any atom is -0.383 e. The van der Waals surface area contributed by atoms with Gasteiger partial charge in [-0.05, 0) is 49.8 Å². The number of hydrogen-bond acceptors (Lipinski definition) is 4. The van der Waals surface area contributed by atoms with Crippen LogP contribution < -0.4 is 5.56 Å². The minimum atomic E-state index is -4.79. The van der Waals surface area contributed by atoms with E-state index in [1.807, 2.05) is 13.8 Å². The highest BCUT2D eigenvalue weighted by molar-refractivity contribution is 5.90. The molecule has 0 saturated heterocycles. The molecule has 2 N–H and O–H groups in total. The number of hydrogen-bond donors (Lipinski definition) is 2. The van der Waals surface area contributed by atoms with Crippen LogP contribution in [0, 0.1) is 12.7 Å². The quantitative estimate of drug-likeness (QED) is 0.396. The zero-order valence-corrected chi connectivity index (χ0v) is 20.0. The number of H-pyrrole nitrogens is 1. The van der Waals surface area contributed by atoms with Crippen LogP contribution in [0.15, 0.2) is 29.3 Å². The molecular formula is C24H25F4N5O2. The topological polar surface area (TPSA) is 88.7 Å². The molecule has 0 bridgehead atoms. The highest BCUT2D eigenvalue weighted by Crippen LogP contribution is 2.36. The smallest absolute Gasteiger partial charge is 0.383 e. The molecule has 0 atom stereocenters. The second kappa shape index (κ2) is 8.04. The van der Waals surface area contributed by atoms with E-state index in [-0.39, 0.29) is 28.3 Å². The van der Waals surface area contributed by atoms with Gasteiger partial charge in [-0.25, -0.2) is 9.37 Å². The number of nitrogens with zero attached hydrogens (tertiary/aromatic N) is 4. The van der Waals surface area contributed by atoms with Crippen LogP contribution in [0.1, 0.15) is 56.4 Å². The molecular weight excluding hydrogens is 466 g/mol. The first kappa shape index (κ1) is 24.6. The average molecular weight is 491 g/mol. The van der Waals surface area contributed by atoms with E-state index in [9.17, 15) is 23.1 Å². The third kappa shape index (κ3) is 4.13. The summed E-state index contributed by atoms with van der Waals surface area (Å²) < 4.78 is 58.6. The SMILES string of the molecule is Cc1[nH]nc(C(F)(F)F)c1-n1cc(C(C)C)c2cc(-c3cn(C)c(C(C)(C)O)n3)c(F)cc2c1=O. The molecule has 3 heterocycles.